The third kappa shape index (κ3) is 2.97. The molecule has 1 amide bonds. The number of rotatable bonds is 3. The Morgan fingerprint density at radius 1 is 1.10 bits per heavy atom. The molecule has 2 aromatic rings. The molecule has 1 atom stereocenters. The molecule has 21 heavy (non-hydrogen) atoms. The van der Waals surface area contributed by atoms with E-state index in [0.717, 1.165) is 19.3 Å². The van der Waals surface area contributed by atoms with Crippen LogP contribution >= 0.6 is 0 Å². The molecule has 1 aliphatic heterocycles. The van der Waals surface area contributed by atoms with Crippen LogP contribution in [0.15, 0.2) is 54.6 Å². The standard InChI is InChI=1S/C18H18FNO/c19-17-11-5-4-10-16(17)18(21)20-12-6-9-15(20)13-14-7-2-1-3-8-14/h1-5,7-8,10-11,15H,6,9,12-13H2. The number of benzene rings is 2. The van der Waals surface area contributed by atoms with Crippen LogP contribution < -0.4 is 0 Å². The Bertz CT molecular complexity index is 626. The molecule has 0 bridgehead atoms. The van der Waals surface area contributed by atoms with Gasteiger partial charge in [-0.15, -0.1) is 0 Å². The van der Waals surface area contributed by atoms with Gasteiger partial charge in [-0.05, 0) is 37.0 Å². The smallest absolute Gasteiger partial charge is 0.257 e. The van der Waals surface area contributed by atoms with Crippen molar-refractivity contribution in [1.29, 1.82) is 0 Å². The Morgan fingerprint density at radius 3 is 2.57 bits per heavy atom. The number of carbonyl (C=O) groups is 1. The molecule has 1 fully saturated rings. The first kappa shape index (κ1) is 13.8. The molecule has 1 saturated heterocycles. The molecule has 108 valence electrons. The Balaban J connectivity index is 1.78. The zero-order chi connectivity index (χ0) is 14.7. The molecule has 1 unspecified atom stereocenters. The van der Waals surface area contributed by atoms with Crippen LogP contribution in [0.3, 0.4) is 0 Å². The van der Waals surface area contributed by atoms with Gasteiger partial charge < -0.3 is 4.90 Å². The van der Waals surface area contributed by atoms with Gasteiger partial charge in [0.25, 0.3) is 5.91 Å². The lowest BCUT2D eigenvalue weighted by Gasteiger charge is -2.25. The number of likely N-dealkylation sites (tertiary alicyclic amines) is 1. The van der Waals surface area contributed by atoms with Crippen molar-refractivity contribution >= 4 is 5.91 Å². The van der Waals surface area contributed by atoms with Crippen molar-refractivity contribution in [3.8, 4) is 0 Å². The molecule has 2 nitrogen and oxygen atoms in total. The van der Waals surface area contributed by atoms with Gasteiger partial charge in [0.2, 0.25) is 0 Å². The molecular weight excluding hydrogens is 265 g/mol. The summed E-state index contributed by atoms with van der Waals surface area (Å²) in [6.45, 7) is 0.713. The van der Waals surface area contributed by atoms with Gasteiger partial charge in [-0.1, -0.05) is 42.5 Å². The average Bonchev–Trinajstić information content (AvgIpc) is 2.96. The zero-order valence-electron chi connectivity index (χ0n) is 11.8. The fourth-order valence-corrected chi connectivity index (χ4v) is 2.99. The van der Waals surface area contributed by atoms with Gasteiger partial charge in [0.05, 0.1) is 5.56 Å². The van der Waals surface area contributed by atoms with Gasteiger partial charge in [-0.25, -0.2) is 4.39 Å². The van der Waals surface area contributed by atoms with Crippen molar-refractivity contribution in [2.75, 3.05) is 6.54 Å². The van der Waals surface area contributed by atoms with E-state index < -0.39 is 5.82 Å². The summed E-state index contributed by atoms with van der Waals surface area (Å²) in [4.78, 5) is 14.4. The van der Waals surface area contributed by atoms with Crippen LogP contribution in [0.25, 0.3) is 0 Å². The summed E-state index contributed by atoms with van der Waals surface area (Å²) in [7, 11) is 0. The van der Waals surface area contributed by atoms with Crippen molar-refractivity contribution in [3.05, 3.63) is 71.5 Å². The number of nitrogens with zero attached hydrogens (tertiary/aromatic N) is 1. The van der Waals surface area contributed by atoms with Crippen molar-refractivity contribution in [1.82, 2.24) is 4.90 Å². The lowest BCUT2D eigenvalue weighted by molar-refractivity contribution is 0.0732. The molecule has 0 aromatic heterocycles. The van der Waals surface area contributed by atoms with Gasteiger partial charge in [0.15, 0.2) is 0 Å². The summed E-state index contributed by atoms with van der Waals surface area (Å²) < 4.78 is 13.8. The molecule has 1 heterocycles. The second-order valence-electron chi connectivity index (χ2n) is 5.46. The van der Waals surface area contributed by atoms with Crippen LogP contribution in [0.4, 0.5) is 4.39 Å². The van der Waals surface area contributed by atoms with E-state index in [-0.39, 0.29) is 17.5 Å². The Labute approximate surface area is 124 Å². The molecule has 3 heteroatoms. The largest absolute Gasteiger partial charge is 0.335 e. The molecule has 0 saturated carbocycles. The molecule has 3 rings (SSSR count). The fraction of sp³-hybridized carbons (Fsp3) is 0.278. The first-order valence-corrected chi connectivity index (χ1v) is 7.35. The van der Waals surface area contributed by atoms with Crippen LogP contribution in [0, 0.1) is 5.82 Å². The predicted octanol–water partition coefficient (Wildman–Crippen LogP) is 3.67. The zero-order valence-corrected chi connectivity index (χ0v) is 11.8. The summed E-state index contributed by atoms with van der Waals surface area (Å²) >= 11 is 0. The van der Waals surface area contributed by atoms with Gasteiger partial charge in [0.1, 0.15) is 5.82 Å². The molecule has 0 aliphatic carbocycles. The minimum Gasteiger partial charge on any atom is -0.335 e. The molecule has 2 aromatic carbocycles. The maximum Gasteiger partial charge on any atom is 0.257 e. The molecule has 1 aliphatic rings. The summed E-state index contributed by atoms with van der Waals surface area (Å²) in [5.41, 5.74) is 1.40. The van der Waals surface area contributed by atoms with E-state index in [2.05, 4.69) is 12.1 Å². The second-order valence-corrected chi connectivity index (χ2v) is 5.46. The third-order valence-electron chi connectivity index (χ3n) is 4.06. The van der Waals surface area contributed by atoms with E-state index in [1.165, 1.54) is 11.6 Å². The first-order valence-electron chi connectivity index (χ1n) is 7.35. The van der Waals surface area contributed by atoms with Crippen molar-refractivity contribution < 1.29 is 9.18 Å². The minimum absolute atomic E-state index is 0.166. The molecule has 0 spiro atoms. The molecular formula is C18H18FNO. The third-order valence-corrected chi connectivity index (χ3v) is 4.06. The SMILES string of the molecule is O=C(c1ccccc1F)N1CCCC1Cc1ccccc1. The van der Waals surface area contributed by atoms with E-state index in [4.69, 9.17) is 0 Å². The molecule has 0 radical (unpaired) electrons. The average molecular weight is 283 g/mol. The first-order chi connectivity index (χ1) is 10.3. The van der Waals surface area contributed by atoms with Crippen molar-refractivity contribution in [3.63, 3.8) is 0 Å². The fourth-order valence-electron chi connectivity index (χ4n) is 2.99. The number of hydrogen-bond donors (Lipinski definition) is 0. The summed E-state index contributed by atoms with van der Waals surface area (Å²) in [5, 5.41) is 0. The van der Waals surface area contributed by atoms with E-state index in [1.54, 1.807) is 18.2 Å². The number of hydrogen-bond acceptors (Lipinski definition) is 1. The van der Waals surface area contributed by atoms with Crippen LogP contribution in [-0.4, -0.2) is 23.4 Å². The van der Waals surface area contributed by atoms with Gasteiger partial charge in [0, 0.05) is 12.6 Å². The lowest BCUT2D eigenvalue weighted by atomic mass is 10.0. The minimum atomic E-state index is -0.437. The highest BCUT2D eigenvalue weighted by Gasteiger charge is 2.30. The normalized spacial score (nSPS) is 18.0. The topological polar surface area (TPSA) is 20.3 Å². The lowest BCUT2D eigenvalue weighted by Crippen LogP contribution is -2.37. The van der Waals surface area contributed by atoms with E-state index >= 15 is 0 Å². The Hall–Kier alpha value is -2.16. The molecule has 0 N–H and O–H groups in total. The maximum atomic E-state index is 13.8. The van der Waals surface area contributed by atoms with Gasteiger partial charge in [-0.2, -0.15) is 0 Å². The van der Waals surface area contributed by atoms with Gasteiger partial charge >= 0.3 is 0 Å². The van der Waals surface area contributed by atoms with Crippen LogP contribution in [-0.2, 0) is 6.42 Å². The quantitative estimate of drug-likeness (QED) is 0.841. The van der Waals surface area contributed by atoms with Crippen LogP contribution in [0.1, 0.15) is 28.8 Å². The van der Waals surface area contributed by atoms with E-state index in [1.807, 2.05) is 23.1 Å². The van der Waals surface area contributed by atoms with Gasteiger partial charge in [-0.3, -0.25) is 4.79 Å². The summed E-state index contributed by atoms with van der Waals surface area (Å²) in [6, 6.07) is 16.5. The highest BCUT2D eigenvalue weighted by molar-refractivity contribution is 5.94. The Morgan fingerprint density at radius 2 is 1.81 bits per heavy atom. The van der Waals surface area contributed by atoms with Crippen molar-refractivity contribution in [2.45, 2.75) is 25.3 Å². The summed E-state index contributed by atoms with van der Waals surface area (Å²) in [5.74, 6) is -0.626. The van der Waals surface area contributed by atoms with E-state index in [0.29, 0.717) is 6.54 Å². The second kappa shape index (κ2) is 6.08. The van der Waals surface area contributed by atoms with Crippen molar-refractivity contribution in [2.24, 2.45) is 0 Å². The number of amides is 1. The Kier molecular flexibility index (Phi) is 4.00. The van der Waals surface area contributed by atoms with Crippen LogP contribution in [0.2, 0.25) is 0 Å². The highest BCUT2D eigenvalue weighted by atomic mass is 19.1. The highest BCUT2D eigenvalue weighted by Crippen LogP contribution is 2.24. The number of carbonyl (C=O) groups excluding carboxylic acids is 1. The maximum absolute atomic E-state index is 13.8. The monoisotopic (exact) mass is 283 g/mol. The van der Waals surface area contributed by atoms with Crippen LogP contribution in [0.5, 0.6) is 0 Å². The van der Waals surface area contributed by atoms with E-state index in [9.17, 15) is 9.18 Å². The summed E-state index contributed by atoms with van der Waals surface area (Å²) in [6.07, 6.45) is 2.80. The predicted molar refractivity (Wildman–Crippen MR) is 80.6 cm³/mol. The number of halogens is 1.